The van der Waals surface area contributed by atoms with E-state index in [1.807, 2.05) is 21.1 Å². The van der Waals surface area contributed by atoms with Crippen LogP contribution in [0.2, 0.25) is 0 Å². The van der Waals surface area contributed by atoms with Gasteiger partial charge in [-0.25, -0.2) is 4.57 Å². The van der Waals surface area contributed by atoms with E-state index in [0.717, 1.165) is 32.1 Å². The number of rotatable bonds is 46. The lowest BCUT2D eigenvalue weighted by Crippen LogP contribution is -2.37. The molecule has 1 N–H and O–H groups in total. The van der Waals surface area contributed by atoms with E-state index in [9.17, 15) is 19.0 Å². The molecule has 0 amide bonds. The van der Waals surface area contributed by atoms with E-state index in [0.29, 0.717) is 17.4 Å². The van der Waals surface area contributed by atoms with Crippen LogP contribution in [0.15, 0.2) is 12.2 Å². The van der Waals surface area contributed by atoms with Crippen molar-refractivity contribution in [3.8, 4) is 0 Å². The summed E-state index contributed by atoms with van der Waals surface area (Å²) < 4.78 is 34.4. The molecule has 2 atom stereocenters. The molecule has 59 heavy (non-hydrogen) atoms. The third-order valence-electron chi connectivity index (χ3n) is 11.0. The zero-order valence-electron chi connectivity index (χ0n) is 39.5. The minimum absolute atomic E-state index is 0.0345. The molecule has 1 unspecified atom stereocenters. The van der Waals surface area contributed by atoms with E-state index in [2.05, 4.69) is 26.0 Å². The maximum atomic E-state index is 12.7. The van der Waals surface area contributed by atoms with Gasteiger partial charge in [0.05, 0.1) is 27.7 Å². The molecular weight excluding hydrogens is 762 g/mol. The van der Waals surface area contributed by atoms with Gasteiger partial charge in [0.25, 0.3) is 0 Å². The van der Waals surface area contributed by atoms with Crippen molar-refractivity contribution in [3.63, 3.8) is 0 Å². The Balaban J connectivity index is 4.25. The Hall–Kier alpha value is -1.25. The smallest absolute Gasteiger partial charge is 0.462 e. The van der Waals surface area contributed by atoms with Crippen LogP contribution in [0.4, 0.5) is 0 Å². The topological polar surface area (TPSA) is 108 Å². The molecule has 0 bridgehead atoms. The third-order valence-corrected chi connectivity index (χ3v) is 12.0. The standard InChI is InChI=1S/C49H96NO8P/c1-6-8-10-12-14-16-18-20-22-24-25-26-28-29-31-33-35-37-39-41-48(51)55-45-47(46-57-59(53,54)56-44-43-50(3,4)5)58-49(52)42-40-38-36-34-32-30-27-23-21-19-17-15-13-11-9-7-2/h24-25,47H,6-23,26-46H2,1-5H3/p+1/b25-24-/t47-/m1/s1. The zero-order chi connectivity index (χ0) is 43.6. The van der Waals surface area contributed by atoms with Crippen LogP contribution in [0.1, 0.15) is 239 Å². The highest BCUT2D eigenvalue weighted by Gasteiger charge is 2.27. The highest BCUT2D eigenvalue weighted by molar-refractivity contribution is 7.47. The zero-order valence-corrected chi connectivity index (χ0v) is 40.4. The molecular formula is C49H97NO8P+. The summed E-state index contributed by atoms with van der Waals surface area (Å²) >= 11 is 0. The molecule has 0 heterocycles. The number of unbranched alkanes of at least 4 members (excludes halogenated alkanes) is 30. The summed E-state index contributed by atoms with van der Waals surface area (Å²) in [6, 6.07) is 0. The molecule has 0 fully saturated rings. The van der Waals surface area contributed by atoms with Crippen molar-refractivity contribution in [1.82, 2.24) is 0 Å². The molecule has 0 aromatic carbocycles. The Labute approximate surface area is 365 Å². The number of quaternary nitrogens is 1. The van der Waals surface area contributed by atoms with Gasteiger partial charge in [0.2, 0.25) is 0 Å². The largest absolute Gasteiger partial charge is 0.472 e. The number of likely N-dealkylation sites (N-methyl/N-ethyl adjacent to an activating group) is 1. The third kappa shape index (κ3) is 46.1. The van der Waals surface area contributed by atoms with Gasteiger partial charge in [-0.3, -0.25) is 18.6 Å². The fourth-order valence-electron chi connectivity index (χ4n) is 7.13. The fourth-order valence-corrected chi connectivity index (χ4v) is 7.87. The predicted molar refractivity (Wildman–Crippen MR) is 248 cm³/mol. The van der Waals surface area contributed by atoms with E-state index < -0.39 is 26.5 Å². The first kappa shape index (κ1) is 57.8. The van der Waals surface area contributed by atoms with Gasteiger partial charge < -0.3 is 18.9 Å². The number of carbonyl (C=O) groups is 2. The van der Waals surface area contributed by atoms with E-state index >= 15 is 0 Å². The second kappa shape index (κ2) is 42.1. The van der Waals surface area contributed by atoms with Crippen LogP contribution in [-0.2, 0) is 32.7 Å². The van der Waals surface area contributed by atoms with Crippen LogP contribution < -0.4 is 0 Å². The maximum Gasteiger partial charge on any atom is 0.472 e. The SMILES string of the molecule is CCCCCCCCCC/C=C\CCCCCCCCCC(=O)OC[C@H](COP(=O)(O)OCC[N+](C)(C)C)OC(=O)CCCCCCCCCCCCCCCCCC. The quantitative estimate of drug-likeness (QED) is 0.0212. The Bertz CT molecular complexity index is 1020. The normalized spacial score (nSPS) is 13.5. The van der Waals surface area contributed by atoms with Gasteiger partial charge >= 0.3 is 19.8 Å². The number of nitrogens with zero attached hydrogens (tertiary/aromatic N) is 1. The number of hydrogen-bond donors (Lipinski definition) is 1. The summed E-state index contributed by atoms with van der Waals surface area (Å²) in [6.07, 6.45) is 45.4. The van der Waals surface area contributed by atoms with E-state index in [4.69, 9.17) is 18.5 Å². The Morgan fingerprint density at radius 1 is 0.508 bits per heavy atom. The van der Waals surface area contributed by atoms with Crippen LogP contribution in [0, 0.1) is 0 Å². The molecule has 0 saturated heterocycles. The lowest BCUT2D eigenvalue weighted by molar-refractivity contribution is -0.870. The van der Waals surface area contributed by atoms with Crippen molar-refractivity contribution in [2.45, 2.75) is 245 Å². The average Bonchev–Trinajstić information content (AvgIpc) is 3.19. The lowest BCUT2D eigenvalue weighted by Gasteiger charge is -2.24. The van der Waals surface area contributed by atoms with Crippen LogP contribution in [0.25, 0.3) is 0 Å². The first-order valence-corrected chi connectivity index (χ1v) is 26.4. The molecule has 0 aromatic heterocycles. The van der Waals surface area contributed by atoms with Crippen molar-refractivity contribution in [1.29, 1.82) is 0 Å². The molecule has 0 saturated carbocycles. The summed E-state index contributed by atoms with van der Waals surface area (Å²) in [4.78, 5) is 35.5. The number of ether oxygens (including phenoxy) is 2. The van der Waals surface area contributed by atoms with E-state index in [1.165, 1.54) is 173 Å². The number of esters is 2. The van der Waals surface area contributed by atoms with Gasteiger partial charge in [-0.05, 0) is 38.5 Å². The van der Waals surface area contributed by atoms with Crippen molar-refractivity contribution >= 4 is 19.8 Å². The molecule has 0 spiro atoms. The summed E-state index contributed by atoms with van der Waals surface area (Å²) in [6.45, 7) is 4.46. The Morgan fingerprint density at radius 2 is 0.864 bits per heavy atom. The number of hydrogen-bond acceptors (Lipinski definition) is 7. The van der Waals surface area contributed by atoms with E-state index in [1.54, 1.807) is 0 Å². The minimum atomic E-state index is -4.37. The minimum Gasteiger partial charge on any atom is -0.462 e. The Morgan fingerprint density at radius 3 is 1.25 bits per heavy atom. The average molecular weight is 859 g/mol. The molecule has 0 rings (SSSR count). The van der Waals surface area contributed by atoms with Crippen LogP contribution in [0.3, 0.4) is 0 Å². The van der Waals surface area contributed by atoms with Crippen molar-refractivity contribution in [2.24, 2.45) is 0 Å². The first-order chi connectivity index (χ1) is 28.5. The number of phosphoric acid groups is 1. The highest BCUT2D eigenvalue weighted by atomic mass is 31.2. The summed E-state index contributed by atoms with van der Waals surface area (Å²) in [5.41, 5.74) is 0. The van der Waals surface area contributed by atoms with Crippen molar-refractivity contribution in [2.75, 3.05) is 47.5 Å². The van der Waals surface area contributed by atoms with Crippen molar-refractivity contribution in [3.05, 3.63) is 12.2 Å². The second-order valence-corrected chi connectivity index (χ2v) is 19.7. The van der Waals surface area contributed by atoms with E-state index in [-0.39, 0.29) is 32.0 Å². The summed E-state index contributed by atoms with van der Waals surface area (Å²) in [5, 5.41) is 0. The molecule has 0 radical (unpaired) electrons. The molecule has 10 heteroatoms. The summed E-state index contributed by atoms with van der Waals surface area (Å²) in [7, 11) is 1.49. The van der Waals surface area contributed by atoms with Crippen molar-refractivity contribution < 1.29 is 42.1 Å². The molecule has 0 aromatic rings. The summed E-state index contributed by atoms with van der Waals surface area (Å²) in [5.74, 6) is -0.789. The second-order valence-electron chi connectivity index (χ2n) is 18.2. The Kier molecular flexibility index (Phi) is 41.2. The van der Waals surface area contributed by atoms with Gasteiger partial charge in [0.15, 0.2) is 6.10 Å². The monoisotopic (exact) mass is 859 g/mol. The van der Waals surface area contributed by atoms with Crippen LogP contribution in [0.5, 0.6) is 0 Å². The predicted octanol–water partition coefficient (Wildman–Crippen LogP) is 14.5. The van der Waals surface area contributed by atoms with Gasteiger partial charge in [-0.15, -0.1) is 0 Å². The van der Waals surface area contributed by atoms with Gasteiger partial charge in [0.1, 0.15) is 19.8 Å². The molecule has 350 valence electrons. The van der Waals surface area contributed by atoms with Gasteiger partial charge in [-0.1, -0.05) is 199 Å². The van der Waals surface area contributed by atoms with Gasteiger partial charge in [0, 0.05) is 12.8 Å². The van der Waals surface area contributed by atoms with Crippen LogP contribution in [-0.4, -0.2) is 74.9 Å². The number of carbonyl (C=O) groups excluding carboxylic acids is 2. The van der Waals surface area contributed by atoms with Crippen LogP contribution >= 0.6 is 7.82 Å². The molecule has 0 aliphatic carbocycles. The number of phosphoric ester groups is 1. The number of allylic oxidation sites excluding steroid dienone is 2. The maximum absolute atomic E-state index is 12.7. The first-order valence-electron chi connectivity index (χ1n) is 24.9. The van der Waals surface area contributed by atoms with Gasteiger partial charge in [-0.2, -0.15) is 0 Å². The molecule has 9 nitrogen and oxygen atoms in total. The molecule has 0 aliphatic rings. The lowest BCUT2D eigenvalue weighted by atomic mass is 10.0. The highest BCUT2D eigenvalue weighted by Crippen LogP contribution is 2.43. The fraction of sp³-hybridized carbons (Fsp3) is 0.918. The molecule has 0 aliphatic heterocycles.